The first-order valence-corrected chi connectivity index (χ1v) is 10.7. The lowest BCUT2D eigenvalue weighted by Crippen LogP contribution is -2.42. The molecule has 2 N–H and O–H groups in total. The summed E-state index contributed by atoms with van der Waals surface area (Å²) in [5.41, 5.74) is 0. The number of nitrogens with zero attached hydrogens (tertiary/aromatic N) is 2. The van der Waals surface area contributed by atoms with Crippen molar-refractivity contribution in [1.29, 1.82) is 0 Å². The van der Waals surface area contributed by atoms with Crippen molar-refractivity contribution in [2.45, 2.75) is 115 Å². The van der Waals surface area contributed by atoms with E-state index in [1.165, 1.54) is 31.6 Å². The van der Waals surface area contributed by atoms with Gasteiger partial charge in [0.2, 0.25) is 12.1 Å². The highest BCUT2D eigenvalue weighted by atomic mass is 16.6. The fourth-order valence-corrected chi connectivity index (χ4v) is 3.40. The van der Waals surface area contributed by atoms with Gasteiger partial charge in [-0.05, 0) is 25.3 Å². The van der Waals surface area contributed by atoms with Crippen LogP contribution in [0.2, 0.25) is 0 Å². The van der Waals surface area contributed by atoms with Crippen LogP contribution in [0.5, 0.6) is 0 Å². The molecular weight excluding hydrogens is 380 g/mol. The van der Waals surface area contributed by atoms with Gasteiger partial charge >= 0.3 is 0 Å². The van der Waals surface area contributed by atoms with Gasteiger partial charge in [0.05, 0.1) is 6.42 Å². The second-order valence-corrected chi connectivity index (χ2v) is 7.59. The van der Waals surface area contributed by atoms with E-state index in [0.29, 0.717) is 6.42 Å². The van der Waals surface area contributed by atoms with Gasteiger partial charge in [0.25, 0.3) is 0 Å². The molecule has 0 bridgehead atoms. The summed E-state index contributed by atoms with van der Waals surface area (Å²) in [4.78, 5) is 31.3. The molecule has 0 saturated heterocycles. The third-order valence-electron chi connectivity index (χ3n) is 5.21. The average Bonchev–Trinajstić information content (AvgIpc) is 2.67. The molecule has 0 amide bonds. The minimum absolute atomic E-state index is 0.0466. The highest BCUT2D eigenvalue weighted by Crippen LogP contribution is 2.19. The molecule has 9 nitrogen and oxygen atoms in total. The van der Waals surface area contributed by atoms with Gasteiger partial charge in [-0.2, -0.15) is 0 Å². The van der Waals surface area contributed by atoms with Crippen LogP contribution < -0.4 is 0 Å². The lowest BCUT2D eigenvalue weighted by molar-refractivity contribution is -0.554. The lowest BCUT2D eigenvalue weighted by Gasteiger charge is -2.20. The number of hydrogen-bond acceptors (Lipinski definition) is 7. The Morgan fingerprint density at radius 2 is 1.34 bits per heavy atom. The summed E-state index contributed by atoms with van der Waals surface area (Å²) in [5, 5.41) is 42.7. The van der Waals surface area contributed by atoms with Gasteiger partial charge in [0.1, 0.15) is 18.1 Å². The van der Waals surface area contributed by atoms with E-state index in [0.717, 1.165) is 31.8 Å². The zero-order valence-electron chi connectivity index (χ0n) is 17.4. The average molecular weight is 417 g/mol. The number of allylic oxidation sites excluding steroid dienone is 1. The van der Waals surface area contributed by atoms with Crippen molar-refractivity contribution in [2.24, 2.45) is 0 Å². The van der Waals surface area contributed by atoms with Gasteiger partial charge < -0.3 is 10.2 Å². The molecule has 0 aliphatic heterocycles. The summed E-state index contributed by atoms with van der Waals surface area (Å²) in [7, 11) is 0. The number of carbonyl (C=O) groups excluding carboxylic acids is 1. The molecule has 0 saturated carbocycles. The Morgan fingerprint density at radius 1 is 0.828 bits per heavy atom. The second kappa shape index (κ2) is 17.1. The van der Waals surface area contributed by atoms with Crippen molar-refractivity contribution in [3.8, 4) is 0 Å². The molecular formula is C20H36N2O7. The van der Waals surface area contributed by atoms with Crippen LogP contribution in [0.25, 0.3) is 0 Å². The molecule has 0 aliphatic carbocycles. The number of aliphatic hydroxyl groups is 2. The van der Waals surface area contributed by atoms with Gasteiger partial charge in [0, 0.05) is 16.3 Å². The molecule has 0 aliphatic rings. The number of unbranched alkanes of at least 4 members (excludes halogenated alkanes) is 8. The molecule has 0 radical (unpaired) electrons. The molecule has 168 valence electrons. The first kappa shape index (κ1) is 27.2. The van der Waals surface area contributed by atoms with E-state index in [4.69, 9.17) is 0 Å². The normalized spacial score (nSPS) is 15.1. The smallest absolute Gasteiger partial charge is 0.241 e. The number of nitro groups is 2. The Kier molecular flexibility index (Phi) is 16.0. The summed E-state index contributed by atoms with van der Waals surface area (Å²) < 4.78 is 0. The molecule has 0 rings (SSSR count). The number of aliphatic hydroxyl groups excluding tert-OH is 2. The van der Waals surface area contributed by atoms with E-state index in [1.54, 1.807) is 0 Å². The summed E-state index contributed by atoms with van der Waals surface area (Å²) in [6, 6.07) is -2.81. The fraction of sp³-hybridized carbons (Fsp3) is 0.900. The Labute approximate surface area is 172 Å². The van der Waals surface area contributed by atoms with Crippen LogP contribution in [0, 0.1) is 20.2 Å². The van der Waals surface area contributed by atoms with Gasteiger partial charge in [-0.1, -0.05) is 58.3 Å². The summed E-state index contributed by atoms with van der Waals surface area (Å²) in [6.45, 7) is 2.17. The Morgan fingerprint density at radius 3 is 1.83 bits per heavy atom. The molecule has 29 heavy (non-hydrogen) atoms. The van der Waals surface area contributed by atoms with Crippen LogP contribution in [-0.4, -0.2) is 50.3 Å². The standard InChI is InChI=1S/C20H36N2O7/c1-2-3-4-5-6-7-8-9-10-13-17(21(26)27)20(25)16-18(22(28)29)19(24)14-11-12-15-23/h12,17-20,24-25H,2-11,13-14,16H2,1H3. The topological polar surface area (TPSA) is 144 Å². The molecule has 0 aromatic heterocycles. The predicted octanol–water partition coefficient (Wildman–Crippen LogP) is 3.48. The third kappa shape index (κ3) is 13.1. The zero-order valence-corrected chi connectivity index (χ0v) is 17.4. The minimum atomic E-state index is -1.52. The first-order chi connectivity index (χ1) is 13.8. The predicted molar refractivity (Wildman–Crippen MR) is 110 cm³/mol. The largest absolute Gasteiger partial charge is 0.386 e. The van der Waals surface area contributed by atoms with Crippen molar-refractivity contribution in [3.63, 3.8) is 0 Å². The number of hydrogen-bond donors (Lipinski definition) is 2. The van der Waals surface area contributed by atoms with Crippen LogP contribution >= 0.6 is 0 Å². The molecule has 9 heteroatoms. The monoisotopic (exact) mass is 416 g/mol. The highest BCUT2D eigenvalue weighted by molar-refractivity contribution is 5.44. The summed E-state index contributed by atoms with van der Waals surface area (Å²) in [5.74, 6) is 1.52. The molecule has 0 aromatic rings. The van der Waals surface area contributed by atoms with E-state index in [9.17, 15) is 35.2 Å². The van der Waals surface area contributed by atoms with Gasteiger partial charge in [-0.15, -0.1) is 0 Å². The maximum atomic E-state index is 11.3. The molecule has 0 fully saturated rings. The molecule has 0 heterocycles. The van der Waals surface area contributed by atoms with Crippen LogP contribution in [0.4, 0.5) is 0 Å². The highest BCUT2D eigenvalue weighted by Gasteiger charge is 2.38. The minimum Gasteiger partial charge on any atom is -0.386 e. The van der Waals surface area contributed by atoms with E-state index in [2.05, 4.69) is 6.92 Å². The van der Waals surface area contributed by atoms with E-state index < -0.39 is 40.6 Å². The van der Waals surface area contributed by atoms with Crippen molar-refractivity contribution >= 4 is 5.94 Å². The molecule has 4 unspecified atom stereocenters. The van der Waals surface area contributed by atoms with Crippen LogP contribution in [-0.2, 0) is 4.79 Å². The van der Waals surface area contributed by atoms with Crippen molar-refractivity contribution in [3.05, 3.63) is 26.3 Å². The van der Waals surface area contributed by atoms with Gasteiger partial charge in [-0.25, -0.2) is 4.79 Å². The summed E-state index contributed by atoms with van der Waals surface area (Å²) in [6.07, 6.45) is 7.43. The maximum absolute atomic E-state index is 11.3. The van der Waals surface area contributed by atoms with Crippen molar-refractivity contribution in [1.82, 2.24) is 0 Å². The van der Waals surface area contributed by atoms with E-state index >= 15 is 0 Å². The maximum Gasteiger partial charge on any atom is 0.241 e. The second-order valence-electron chi connectivity index (χ2n) is 7.59. The Balaban J connectivity index is 4.41. The SMILES string of the molecule is CCCCCCCCCCCC(C(O)CC(C(O)CCC=C=O)[N+](=O)[O-])[N+](=O)[O-]. The number of rotatable bonds is 19. The quantitative estimate of drug-likeness (QED) is 0.142. The van der Waals surface area contributed by atoms with Crippen LogP contribution in [0.15, 0.2) is 6.08 Å². The zero-order chi connectivity index (χ0) is 22.1. The van der Waals surface area contributed by atoms with E-state index in [1.807, 2.05) is 0 Å². The van der Waals surface area contributed by atoms with Crippen molar-refractivity contribution in [2.75, 3.05) is 0 Å². The molecule has 0 aromatic carbocycles. The summed E-state index contributed by atoms with van der Waals surface area (Å²) >= 11 is 0. The van der Waals surface area contributed by atoms with Gasteiger partial charge in [0.15, 0.2) is 0 Å². The van der Waals surface area contributed by atoms with Gasteiger partial charge in [-0.3, -0.25) is 20.2 Å². The van der Waals surface area contributed by atoms with Crippen molar-refractivity contribution < 1.29 is 24.9 Å². The van der Waals surface area contributed by atoms with E-state index in [-0.39, 0.29) is 19.3 Å². The third-order valence-corrected chi connectivity index (χ3v) is 5.21. The molecule has 4 atom stereocenters. The Bertz CT molecular complexity index is 509. The van der Waals surface area contributed by atoms with Crippen LogP contribution in [0.1, 0.15) is 90.4 Å². The van der Waals surface area contributed by atoms with Crippen LogP contribution in [0.3, 0.4) is 0 Å². The first-order valence-electron chi connectivity index (χ1n) is 10.7. The Hall–Kier alpha value is -1.83. The lowest BCUT2D eigenvalue weighted by atomic mass is 9.94. The molecule has 0 spiro atoms. The fourth-order valence-electron chi connectivity index (χ4n) is 3.40.